The Morgan fingerprint density at radius 3 is 0.556 bits per heavy atom. The summed E-state index contributed by atoms with van der Waals surface area (Å²) in [6, 6.07) is 21.0. The number of pyridine rings is 2. The molecule has 4 aliphatic rings. The van der Waals surface area contributed by atoms with Crippen molar-refractivity contribution < 1.29 is 0 Å². The Balaban J connectivity index is 0.962. The summed E-state index contributed by atoms with van der Waals surface area (Å²) in [4.78, 5) is 9.22. The summed E-state index contributed by atoms with van der Waals surface area (Å²) in [6.45, 7) is 0. The van der Waals surface area contributed by atoms with Crippen molar-refractivity contribution in [1.29, 1.82) is 0 Å². The first-order chi connectivity index (χ1) is 26.7. The molecule has 0 spiro atoms. The van der Waals surface area contributed by atoms with E-state index in [9.17, 15) is 0 Å². The number of benzene rings is 3. The molecule has 2 heterocycles. The molecule has 0 fully saturated rings. The van der Waals surface area contributed by atoms with Gasteiger partial charge in [-0.2, -0.15) is 0 Å². The minimum absolute atomic E-state index is 1.13. The molecule has 0 aliphatic heterocycles. The van der Waals surface area contributed by atoms with Gasteiger partial charge >= 0.3 is 0 Å². The third kappa shape index (κ3) is 8.44. The number of nitrogens with zero attached hydrogens (tertiary/aromatic N) is 2. The summed E-state index contributed by atoms with van der Waals surface area (Å²) in [5.41, 5.74) is 25.4. The average molecular weight is 713 g/mol. The number of hydrogen-bond acceptors (Lipinski definition) is 2. The molecular weight excluding hydrogens is 653 g/mol. The van der Waals surface area contributed by atoms with E-state index in [-0.39, 0.29) is 0 Å². The molecular formula is C52H60N2. The van der Waals surface area contributed by atoms with Gasteiger partial charge in [0.1, 0.15) is 0 Å². The van der Waals surface area contributed by atoms with Crippen LogP contribution in [0, 0.1) is 0 Å². The molecule has 0 saturated heterocycles. The van der Waals surface area contributed by atoms with E-state index in [0.717, 1.165) is 25.7 Å². The van der Waals surface area contributed by atoms with Crippen LogP contribution in [0.1, 0.15) is 140 Å². The first kappa shape index (κ1) is 35.6. The van der Waals surface area contributed by atoms with E-state index in [0.29, 0.717) is 0 Å². The smallest absolute Gasteiger partial charge is 0.0300 e. The van der Waals surface area contributed by atoms with Crippen LogP contribution in [0.2, 0.25) is 0 Å². The molecule has 0 atom stereocenters. The maximum Gasteiger partial charge on any atom is 0.0300 e. The standard InChI is InChI=1S/C52H60N2/c1-9-37-25-38(34-53-33-37)10-2-14-42-27-41(13-1)45-17-5-21-49-31-51(22-6-18-46(42)29-45)52-24-8-20-48-30-47(19-7-23-50(49)32-52)43-15-3-11-39-26-40(36-54-35-39)12-4-16-44(48)28-43/h25-36H,1-24H2. The van der Waals surface area contributed by atoms with Gasteiger partial charge in [0.2, 0.25) is 0 Å². The Labute approximate surface area is 325 Å². The summed E-state index contributed by atoms with van der Waals surface area (Å²) in [7, 11) is 0. The highest BCUT2D eigenvalue weighted by Gasteiger charge is 2.18. The van der Waals surface area contributed by atoms with Gasteiger partial charge in [-0.1, -0.05) is 48.5 Å². The summed E-state index contributed by atoms with van der Waals surface area (Å²) in [6.07, 6.45) is 37.1. The van der Waals surface area contributed by atoms with Crippen LogP contribution in [0.25, 0.3) is 0 Å². The van der Waals surface area contributed by atoms with Crippen LogP contribution in [0.15, 0.2) is 73.3 Å². The van der Waals surface area contributed by atoms with E-state index in [2.05, 4.69) is 83.3 Å². The van der Waals surface area contributed by atoms with Gasteiger partial charge in [0.05, 0.1) is 0 Å². The van der Waals surface area contributed by atoms with E-state index in [1.165, 1.54) is 151 Å². The SMILES string of the molecule is c1ncc2cc1CCCc1cc(c3cc1CCCc1cc(c4cc1CCCc1cc(c5cc1CCCc1cncc(c1)CCC5)CCC4)CCC3)CCC2. The Morgan fingerprint density at radius 2 is 0.370 bits per heavy atom. The fourth-order valence-electron chi connectivity index (χ4n) is 10.6. The summed E-state index contributed by atoms with van der Waals surface area (Å²) in [5.74, 6) is 0. The normalized spacial score (nSPS) is 18.1. The van der Waals surface area contributed by atoms with Crippen molar-refractivity contribution in [3.8, 4) is 0 Å². The fourth-order valence-corrected chi connectivity index (χ4v) is 10.6. The molecule has 0 amide bonds. The lowest BCUT2D eigenvalue weighted by Crippen LogP contribution is -2.10. The zero-order valence-corrected chi connectivity index (χ0v) is 32.8. The van der Waals surface area contributed by atoms with E-state index < -0.39 is 0 Å². The third-order valence-electron chi connectivity index (χ3n) is 13.5. The Bertz CT molecular complexity index is 1820. The quantitative estimate of drug-likeness (QED) is 0.160. The molecule has 0 saturated carbocycles. The second kappa shape index (κ2) is 16.8. The molecule has 3 aromatic carbocycles. The average Bonchev–Trinajstić information content (AvgIpc) is 3.16. The maximum absolute atomic E-state index is 4.61. The molecule has 2 aromatic heterocycles. The van der Waals surface area contributed by atoms with E-state index in [4.69, 9.17) is 0 Å². The lowest BCUT2D eigenvalue weighted by molar-refractivity contribution is 0.717. The molecule has 54 heavy (non-hydrogen) atoms. The minimum Gasteiger partial charge on any atom is -0.264 e. The van der Waals surface area contributed by atoms with E-state index in [1.807, 2.05) is 0 Å². The maximum atomic E-state index is 4.61. The van der Waals surface area contributed by atoms with Crippen LogP contribution in [0.5, 0.6) is 0 Å². The van der Waals surface area contributed by atoms with Gasteiger partial charge in [-0.3, -0.25) is 9.97 Å². The van der Waals surface area contributed by atoms with Crippen LogP contribution in [-0.4, -0.2) is 9.97 Å². The molecule has 278 valence electrons. The molecule has 0 unspecified atom stereocenters. The lowest BCUT2D eigenvalue weighted by Gasteiger charge is -2.22. The van der Waals surface area contributed by atoms with Crippen LogP contribution in [0.4, 0.5) is 0 Å². The predicted octanol–water partition coefficient (Wildman–Crippen LogP) is 11.1. The molecule has 9 rings (SSSR count). The number of aromatic nitrogens is 2. The second-order valence-corrected chi connectivity index (χ2v) is 17.4. The van der Waals surface area contributed by atoms with Crippen LogP contribution in [-0.2, 0) is 103 Å². The second-order valence-electron chi connectivity index (χ2n) is 17.4. The topological polar surface area (TPSA) is 25.8 Å². The number of aryl methyl sites for hydroxylation is 16. The molecule has 2 nitrogen and oxygen atoms in total. The Hall–Kier alpha value is -4.04. The Kier molecular flexibility index (Phi) is 11.1. The van der Waals surface area contributed by atoms with Crippen LogP contribution >= 0.6 is 0 Å². The van der Waals surface area contributed by atoms with Gasteiger partial charge in [-0.15, -0.1) is 0 Å². The largest absolute Gasteiger partial charge is 0.264 e. The van der Waals surface area contributed by atoms with Crippen molar-refractivity contribution in [2.24, 2.45) is 0 Å². The van der Waals surface area contributed by atoms with E-state index >= 15 is 0 Å². The minimum atomic E-state index is 1.13. The third-order valence-corrected chi connectivity index (χ3v) is 13.5. The molecule has 0 radical (unpaired) electrons. The summed E-state index contributed by atoms with van der Waals surface area (Å²) >= 11 is 0. The van der Waals surface area contributed by atoms with Gasteiger partial charge in [0.15, 0.2) is 0 Å². The summed E-state index contributed by atoms with van der Waals surface area (Å²) in [5, 5.41) is 0. The lowest BCUT2D eigenvalue weighted by atomic mass is 9.83. The van der Waals surface area contributed by atoms with Crippen molar-refractivity contribution in [3.63, 3.8) is 0 Å². The van der Waals surface area contributed by atoms with Crippen LogP contribution < -0.4 is 0 Å². The monoisotopic (exact) mass is 712 g/mol. The van der Waals surface area contributed by atoms with Crippen LogP contribution in [0.3, 0.4) is 0 Å². The van der Waals surface area contributed by atoms with Crippen molar-refractivity contribution in [2.75, 3.05) is 0 Å². The van der Waals surface area contributed by atoms with Gasteiger partial charge in [-0.05, 0) is 243 Å². The molecule has 16 bridgehead atoms. The molecule has 5 aromatic rings. The van der Waals surface area contributed by atoms with Gasteiger partial charge < -0.3 is 0 Å². The van der Waals surface area contributed by atoms with Crippen molar-refractivity contribution in [3.05, 3.63) is 162 Å². The molecule has 4 aliphatic carbocycles. The first-order valence-electron chi connectivity index (χ1n) is 22.0. The number of fused-ring (bicyclic) bond motifs is 22. The first-order valence-corrected chi connectivity index (χ1v) is 22.0. The number of rotatable bonds is 0. The highest BCUT2D eigenvalue weighted by atomic mass is 14.6. The van der Waals surface area contributed by atoms with Crippen molar-refractivity contribution >= 4 is 0 Å². The zero-order chi connectivity index (χ0) is 36.1. The highest BCUT2D eigenvalue weighted by molar-refractivity contribution is 5.44. The summed E-state index contributed by atoms with van der Waals surface area (Å²) < 4.78 is 0. The molecule has 2 heteroatoms. The molecule has 0 N–H and O–H groups in total. The van der Waals surface area contributed by atoms with Gasteiger partial charge in [0, 0.05) is 24.8 Å². The van der Waals surface area contributed by atoms with Gasteiger partial charge in [0.25, 0.3) is 0 Å². The number of hydrogen-bond donors (Lipinski definition) is 0. The zero-order valence-electron chi connectivity index (χ0n) is 32.8. The van der Waals surface area contributed by atoms with E-state index in [1.54, 1.807) is 66.8 Å². The van der Waals surface area contributed by atoms with Gasteiger partial charge in [-0.25, -0.2) is 0 Å². The van der Waals surface area contributed by atoms with Crippen molar-refractivity contribution in [1.82, 2.24) is 9.97 Å². The van der Waals surface area contributed by atoms with Crippen molar-refractivity contribution in [2.45, 2.75) is 154 Å². The fraction of sp³-hybridized carbons (Fsp3) is 0.462. The Morgan fingerprint density at radius 1 is 0.204 bits per heavy atom. The predicted molar refractivity (Wildman–Crippen MR) is 224 cm³/mol. The highest BCUT2D eigenvalue weighted by Crippen LogP contribution is 2.31.